The summed E-state index contributed by atoms with van der Waals surface area (Å²) in [5.74, 6) is -1.59. The average Bonchev–Trinajstić information content (AvgIpc) is 2.61. The number of ether oxygens (including phenoxy) is 2. The summed E-state index contributed by atoms with van der Waals surface area (Å²) >= 11 is 3.22. The standard InChI is InChI=1S/C17H16BrNO7S/c18-14-10-13(16(20)25-8-9-27(22,23)24)6-7-15(14)19-17(21)26-11-12-4-2-1-3-5-12/h1-7,10H,8-9,11H2,(H,19,21)(H,22,23,24)/p-1. The zero-order valence-corrected chi connectivity index (χ0v) is 16.3. The second kappa shape index (κ2) is 9.49. The van der Waals surface area contributed by atoms with Gasteiger partial charge in [0.2, 0.25) is 0 Å². The number of nitrogens with one attached hydrogen (secondary N) is 1. The lowest BCUT2D eigenvalue weighted by Crippen LogP contribution is -2.16. The molecule has 0 aliphatic rings. The molecule has 0 aliphatic heterocycles. The summed E-state index contributed by atoms with van der Waals surface area (Å²) < 4.78 is 41.7. The van der Waals surface area contributed by atoms with Crippen LogP contribution in [-0.4, -0.2) is 37.4 Å². The fraction of sp³-hybridized carbons (Fsp3) is 0.176. The van der Waals surface area contributed by atoms with Crippen molar-refractivity contribution >= 4 is 43.8 Å². The number of amides is 1. The molecular formula is C17H15BrNO7S-. The minimum absolute atomic E-state index is 0.108. The first-order valence-electron chi connectivity index (χ1n) is 7.62. The number of carbonyl (C=O) groups excluding carboxylic acids is 2. The summed E-state index contributed by atoms with van der Waals surface area (Å²) in [6.07, 6.45) is -0.671. The van der Waals surface area contributed by atoms with E-state index in [1.54, 1.807) is 0 Å². The summed E-state index contributed by atoms with van der Waals surface area (Å²) in [6.45, 7) is -0.425. The Morgan fingerprint density at radius 1 is 1.07 bits per heavy atom. The van der Waals surface area contributed by atoms with Crippen molar-refractivity contribution in [2.75, 3.05) is 17.7 Å². The van der Waals surface area contributed by atoms with E-state index in [2.05, 4.69) is 21.2 Å². The summed E-state index contributed by atoms with van der Waals surface area (Å²) in [7, 11) is -4.45. The van der Waals surface area contributed by atoms with Crippen molar-refractivity contribution < 1.29 is 32.0 Å². The lowest BCUT2D eigenvalue weighted by molar-refractivity contribution is 0.0528. The van der Waals surface area contributed by atoms with Crippen molar-refractivity contribution in [1.82, 2.24) is 0 Å². The van der Waals surface area contributed by atoms with Crippen molar-refractivity contribution in [3.05, 3.63) is 64.1 Å². The molecule has 0 aliphatic carbocycles. The van der Waals surface area contributed by atoms with Crippen molar-refractivity contribution in [3.63, 3.8) is 0 Å². The quantitative estimate of drug-likeness (QED) is 0.501. The van der Waals surface area contributed by atoms with E-state index in [9.17, 15) is 22.6 Å². The maximum absolute atomic E-state index is 11.9. The van der Waals surface area contributed by atoms with Crippen molar-refractivity contribution in [3.8, 4) is 0 Å². The van der Waals surface area contributed by atoms with E-state index in [0.29, 0.717) is 10.2 Å². The van der Waals surface area contributed by atoms with E-state index in [4.69, 9.17) is 9.47 Å². The molecule has 0 fully saturated rings. The molecule has 0 radical (unpaired) electrons. The molecule has 0 atom stereocenters. The molecule has 1 N–H and O–H groups in total. The predicted molar refractivity (Wildman–Crippen MR) is 99.2 cm³/mol. The molecule has 2 rings (SSSR count). The van der Waals surface area contributed by atoms with Crippen LogP contribution in [0.4, 0.5) is 10.5 Å². The van der Waals surface area contributed by atoms with E-state index >= 15 is 0 Å². The molecule has 27 heavy (non-hydrogen) atoms. The van der Waals surface area contributed by atoms with Crippen LogP contribution < -0.4 is 5.32 Å². The van der Waals surface area contributed by atoms with Crippen molar-refractivity contribution in [1.29, 1.82) is 0 Å². The number of hydrogen-bond donors (Lipinski definition) is 1. The van der Waals surface area contributed by atoms with Gasteiger partial charge < -0.3 is 14.0 Å². The zero-order chi connectivity index (χ0) is 19.9. The molecule has 0 spiro atoms. The van der Waals surface area contributed by atoms with Crippen LogP contribution in [-0.2, 0) is 26.2 Å². The van der Waals surface area contributed by atoms with E-state index in [1.807, 2.05) is 30.3 Å². The molecule has 0 saturated heterocycles. The first-order chi connectivity index (χ1) is 12.7. The van der Waals surface area contributed by atoms with Crippen molar-refractivity contribution in [2.45, 2.75) is 6.61 Å². The van der Waals surface area contributed by atoms with Gasteiger partial charge in [-0.1, -0.05) is 30.3 Å². The molecule has 0 aromatic heterocycles. The van der Waals surface area contributed by atoms with E-state index in [0.717, 1.165) is 5.56 Å². The van der Waals surface area contributed by atoms with Gasteiger partial charge in [0.15, 0.2) is 0 Å². The van der Waals surface area contributed by atoms with Crippen LogP contribution in [0.25, 0.3) is 0 Å². The van der Waals surface area contributed by atoms with E-state index in [-0.39, 0.29) is 12.2 Å². The molecule has 0 saturated carbocycles. The molecule has 2 aromatic carbocycles. The third kappa shape index (κ3) is 7.37. The number of anilines is 1. The smallest absolute Gasteiger partial charge is 0.411 e. The highest BCUT2D eigenvalue weighted by Gasteiger charge is 2.12. The fourth-order valence-electron chi connectivity index (χ4n) is 1.93. The second-order valence-corrected chi connectivity index (χ2v) is 7.66. The van der Waals surface area contributed by atoms with Gasteiger partial charge in [0, 0.05) is 4.47 Å². The summed E-state index contributed by atoms with van der Waals surface area (Å²) in [4.78, 5) is 23.7. The van der Waals surface area contributed by atoms with Gasteiger partial charge >= 0.3 is 12.1 Å². The molecule has 1 amide bonds. The Hall–Kier alpha value is -2.43. The van der Waals surface area contributed by atoms with Crippen LogP contribution in [0.1, 0.15) is 15.9 Å². The third-order valence-corrected chi connectivity index (χ3v) is 4.54. The topological polar surface area (TPSA) is 122 Å². The van der Waals surface area contributed by atoms with E-state index < -0.39 is 34.5 Å². The molecule has 0 bridgehead atoms. The summed E-state index contributed by atoms with van der Waals surface area (Å²) in [5.41, 5.74) is 1.32. The van der Waals surface area contributed by atoms with Gasteiger partial charge in [-0.15, -0.1) is 0 Å². The Labute approximate surface area is 164 Å². The number of carbonyl (C=O) groups is 2. The van der Waals surface area contributed by atoms with Crippen LogP contribution in [0.15, 0.2) is 53.0 Å². The minimum Gasteiger partial charge on any atom is -0.748 e. The highest BCUT2D eigenvalue weighted by molar-refractivity contribution is 9.10. The van der Waals surface area contributed by atoms with Crippen LogP contribution in [0.3, 0.4) is 0 Å². The van der Waals surface area contributed by atoms with Gasteiger partial charge in [-0.2, -0.15) is 0 Å². The Bertz CT molecular complexity index is 916. The maximum Gasteiger partial charge on any atom is 0.411 e. The molecule has 2 aromatic rings. The summed E-state index contributed by atoms with van der Waals surface area (Å²) in [5, 5.41) is 2.53. The van der Waals surface area contributed by atoms with Gasteiger partial charge in [0.1, 0.15) is 13.2 Å². The Morgan fingerprint density at radius 2 is 1.78 bits per heavy atom. The molecule has 0 heterocycles. The molecule has 10 heteroatoms. The SMILES string of the molecule is O=C(Nc1ccc(C(=O)OCCS(=O)(=O)[O-])cc1Br)OCc1ccccc1. The van der Waals surface area contributed by atoms with Crippen molar-refractivity contribution in [2.24, 2.45) is 0 Å². The molecule has 8 nitrogen and oxygen atoms in total. The Kier molecular flexibility index (Phi) is 7.34. The van der Waals surface area contributed by atoms with Gasteiger partial charge in [-0.3, -0.25) is 5.32 Å². The average molecular weight is 457 g/mol. The first-order valence-corrected chi connectivity index (χ1v) is 9.99. The normalized spacial score (nSPS) is 10.9. The first kappa shape index (κ1) is 20.9. The number of benzene rings is 2. The Morgan fingerprint density at radius 3 is 2.41 bits per heavy atom. The van der Waals surface area contributed by atoms with Gasteiger partial charge in [-0.05, 0) is 39.7 Å². The Balaban J connectivity index is 1.89. The third-order valence-electron chi connectivity index (χ3n) is 3.22. The predicted octanol–water partition coefficient (Wildman–Crippen LogP) is 2.90. The maximum atomic E-state index is 11.9. The lowest BCUT2D eigenvalue weighted by atomic mass is 10.2. The minimum atomic E-state index is -4.45. The highest BCUT2D eigenvalue weighted by Crippen LogP contribution is 2.24. The van der Waals surface area contributed by atoms with Crippen LogP contribution in [0.5, 0.6) is 0 Å². The lowest BCUT2D eigenvalue weighted by Gasteiger charge is -2.11. The van der Waals surface area contributed by atoms with E-state index in [1.165, 1.54) is 18.2 Å². The molecular weight excluding hydrogens is 442 g/mol. The second-order valence-electron chi connectivity index (χ2n) is 5.28. The zero-order valence-electron chi connectivity index (χ0n) is 13.9. The summed E-state index contributed by atoms with van der Waals surface area (Å²) in [6, 6.07) is 13.4. The monoisotopic (exact) mass is 456 g/mol. The molecule has 0 unspecified atom stereocenters. The number of rotatable bonds is 7. The van der Waals surface area contributed by atoms with Crippen LogP contribution >= 0.6 is 15.9 Å². The van der Waals surface area contributed by atoms with Crippen LogP contribution in [0.2, 0.25) is 0 Å². The fourth-order valence-corrected chi connectivity index (χ4v) is 2.70. The van der Waals surface area contributed by atoms with Gasteiger partial charge in [-0.25, -0.2) is 18.0 Å². The largest absolute Gasteiger partial charge is 0.748 e. The molecule has 144 valence electrons. The number of esters is 1. The highest BCUT2D eigenvalue weighted by atomic mass is 79.9. The van der Waals surface area contributed by atoms with Gasteiger partial charge in [0.05, 0.1) is 27.1 Å². The number of halogens is 1. The number of hydrogen-bond acceptors (Lipinski definition) is 7. The van der Waals surface area contributed by atoms with Crippen LogP contribution in [0, 0.1) is 0 Å². The van der Waals surface area contributed by atoms with Gasteiger partial charge in [0.25, 0.3) is 0 Å².